The maximum atomic E-state index is 12.3. The number of carbonyl (C=O) groups is 2. The molecule has 0 saturated carbocycles. The number of hydrogen-bond acceptors (Lipinski definition) is 4. The zero-order valence-corrected chi connectivity index (χ0v) is 16.4. The summed E-state index contributed by atoms with van der Waals surface area (Å²) in [7, 11) is -0.314. The van der Waals surface area contributed by atoms with Crippen molar-refractivity contribution in [1.29, 1.82) is 0 Å². The Morgan fingerprint density at radius 1 is 1.04 bits per heavy atom. The van der Waals surface area contributed by atoms with Gasteiger partial charge in [-0.2, -0.15) is 4.72 Å². The largest absolute Gasteiger partial charge is 0.349 e. The zero-order valence-electron chi connectivity index (χ0n) is 15.6. The molecule has 0 aromatic heterocycles. The van der Waals surface area contributed by atoms with E-state index in [4.69, 9.17) is 6.42 Å². The summed E-state index contributed by atoms with van der Waals surface area (Å²) in [5, 5.41) is 2.73. The lowest BCUT2D eigenvalue weighted by molar-refractivity contribution is -0.127. The number of sulfonamides is 1. The Hall–Kier alpha value is -3.15. The van der Waals surface area contributed by atoms with Gasteiger partial charge in [0.1, 0.15) is 0 Å². The highest BCUT2D eigenvalue weighted by molar-refractivity contribution is 7.89. The van der Waals surface area contributed by atoms with Crippen molar-refractivity contribution < 1.29 is 18.0 Å². The predicted molar refractivity (Wildman–Crippen MR) is 107 cm³/mol. The van der Waals surface area contributed by atoms with Crippen LogP contribution in [0.3, 0.4) is 0 Å². The van der Waals surface area contributed by atoms with Gasteiger partial charge in [-0.25, -0.2) is 8.42 Å². The fourth-order valence-corrected chi connectivity index (χ4v) is 3.18. The van der Waals surface area contributed by atoms with Crippen LogP contribution in [0.4, 0.5) is 5.69 Å². The van der Waals surface area contributed by atoms with Gasteiger partial charge in [0.05, 0.1) is 17.9 Å². The van der Waals surface area contributed by atoms with Gasteiger partial charge in [-0.3, -0.25) is 9.59 Å². The van der Waals surface area contributed by atoms with Crippen LogP contribution in [0, 0.1) is 12.3 Å². The second-order valence-corrected chi connectivity index (χ2v) is 7.94. The quantitative estimate of drug-likeness (QED) is 0.690. The van der Waals surface area contributed by atoms with Crippen molar-refractivity contribution in [3.05, 3.63) is 59.7 Å². The highest BCUT2D eigenvalue weighted by Gasteiger charge is 2.14. The van der Waals surface area contributed by atoms with Crippen LogP contribution >= 0.6 is 0 Å². The Kier molecular flexibility index (Phi) is 6.93. The molecule has 2 amide bonds. The molecule has 8 heteroatoms. The number of benzene rings is 2. The predicted octanol–water partition coefficient (Wildman–Crippen LogP) is 1.48. The number of nitrogens with one attached hydrogen (secondary N) is 2. The van der Waals surface area contributed by atoms with Gasteiger partial charge in [-0.05, 0) is 42.0 Å². The molecule has 0 aliphatic carbocycles. The fraction of sp³-hybridized carbons (Fsp3) is 0.200. The van der Waals surface area contributed by atoms with E-state index in [1.807, 2.05) is 0 Å². The number of terminal acetylenes is 1. The summed E-state index contributed by atoms with van der Waals surface area (Å²) in [6.45, 7) is -0.110. The molecule has 0 saturated heterocycles. The first kappa shape index (κ1) is 21.2. The lowest BCUT2D eigenvalue weighted by Crippen LogP contribution is -2.24. The molecule has 0 aliphatic heterocycles. The number of rotatable bonds is 7. The van der Waals surface area contributed by atoms with Crippen molar-refractivity contribution in [2.45, 2.75) is 11.3 Å². The molecule has 7 nitrogen and oxygen atoms in total. The van der Waals surface area contributed by atoms with E-state index in [0.29, 0.717) is 11.3 Å². The monoisotopic (exact) mass is 399 g/mol. The van der Waals surface area contributed by atoms with Gasteiger partial charge >= 0.3 is 0 Å². The Labute approximate surface area is 164 Å². The van der Waals surface area contributed by atoms with Gasteiger partial charge in [0.25, 0.3) is 5.91 Å². The second kappa shape index (κ2) is 9.17. The average molecular weight is 399 g/mol. The van der Waals surface area contributed by atoms with E-state index in [-0.39, 0.29) is 29.7 Å². The number of amides is 2. The minimum Gasteiger partial charge on any atom is -0.349 e. The van der Waals surface area contributed by atoms with Crippen LogP contribution in [0.5, 0.6) is 0 Å². The summed E-state index contributed by atoms with van der Waals surface area (Å²) in [6, 6.07) is 12.5. The number of anilines is 1. The highest BCUT2D eigenvalue weighted by Crippen LogP contribution is 2.14. The van der Waals surface area contributed by atoms with E-state index < -0.39 is 10.0 Å². The molecule has 2 rings (SSSR count). The van der Waals surface area contributed by atoms with Gasteiger partial charge in [0, 0.05) is 25.3 Å². The van der Waals surface area contributed by atoms with Crippen LogP contribution in [0.2, 0.25) is 0 Å². The van der Waals surface area contributed by atoms with Crippen LogP contribution in [-0.4, -0.2) is 45.8 Å². The Bertz CT molecular complexity index is 989. The SMILES string of the molecule is C#CCNS(=O)(=O)c1ccc(C(=O)Nc2ccc(CC(=O)N(C)C)cc2)cc1. The Morgan fingerprint density at radius 2 is 1.64 bits per heavy atom. The molecule has 2 aromatic carbocycles. The van der Waals surface area contributed by atoms with Gasteiger partial charge in [0.2, 0.25) is 15.9 Å². The summed E-state index contributed by atoms with van der Waals surface area (Å²) in [4.78, 5) is 25.6. The van der Waals surface area contributed by atoms with E-state index in [9.17, 15) is 18.0 Å². The standard InChI is InChI=1S/C20H21N3O4S/c1-4-13-21-28(26,27)18-11-7-16(8-12-18)20(25)22-17-9-5-15(6-10-17)14-19(24)23(2)3/h1,5-12,21H,13-14H2,2-3H3,(H,22,25). The van der Waals surface area contributed by atoms with Crippen molar-refractivity contribution in [2.75, 3.05) is 26.0 Å². The van der Waals surface area contributed by atoms with Gasteiger partial charge in [-0.15, -0.1) is 6.42 Å². The molecule has 0 bridgehead atoms. The van der Waals surface area contributed by atoms with Gasteiger partial charge < -0.3 is 10.2 Å². The maximum Gasteiger partial charge on any atom is 0.255 e. The zero-order chi connectivity index (χ0) is 20.7. The van der Waals surface area contributed by atoms with E-state index in [1.54, 1.807) is 38.4 Å². The first-order valence-electron chi connectivity index (χ1n) is 8.36. The molecule has 2 aromatic rings. The molecule has 0 radical (unpaired) electrons. The molecule has 2 N–H and O–H groups in total. The molecule has 28 heavy (non-hydrogen) atoms. The van der Waals surface area contributed by atoms with Crippen molar-refractivity contribution >= 4 is 27.5 Å². The van der Waals surface area contributed by atoms with Crippen LogP contribution in [-0.2, 0) is 21.2 Å². The van der Waals surface area contributed by atoms with Crippen LogP contribution in [0.25, 0.3) is 0 Å². The third-order valence-electron chi connectivity index (χ3n) is 3.86. The van der Waals surface area contributed by atoms with E-state index in [1.165, 1.54) is 29.2 Å². The molecule has 0 atom stereocenters. The molecule has 0 spiro atoms. The summed E-state index contributed by atoms with van der Waals surface area (Å²) >= 11 is 0. The minimum absolute atomic E-state index is 0.0106. The summed E-state index contributed by atoms with van der Waals surface area (Å²) in [5.74, 6) is 1.81. The van der Waals surface area contributed by atoms with Crippen molar-refractivity contribution in [3.8, 4) is 12.3 Å². The lowest BCUT2D eigenvalue weighted by Gasteiger charge is -2.11. The van der Waals surface area contributed by atoms with Crippen molar-refractivity contribution in [2.24, 2.45) is 0 Å². The van der Waals surface area contributed by atoms with Crippen LogP contribution in [0.15, 0.2) is 53.4 Å². The topological polar surface area (TPSA) is 95.6 Å². The smallest absolute Gasteiger partial charge is 0.255 e. The van der Waals surface area contributed by atoms with E-state index in [0.717, 1.165) is 5.56 Å². The molecular formula is C20H21N3O4S. The van der Waals surface area contributed by atoms with Crippen LogP contribution < -0.4 is 10.0 Å². The first-order chi connectivity index (χ1) is 13.2. The number of hydrogen-bond donors (Lipinski definition) is 2. The average Bonchev–Trinajstić information content (AvgIpc) is 2.68. The summed E-state index contributed by atoms with van der Waals surface area (Å²) in [6.07, 6.45) is 5.33. The normalized spacial score (nSPS) is 10.8. The van der Waals surface area contributed by atoms with Crippen LogP contribution in [0.1, 0.15) is 15.9 Å². The minimum atomic E-state index is -3.70. The third-order valence-corrected chi connectivity index (χ3v) is 5.27. The molecule has 0 heterocycles. The van der Waals surface area contributed by atoms with Crippen molar-refractivity contribution in [1.82, 2.24) is 9.62 Å². The second-order valence-electron chi connectivity index (χ2n) is 6.17. The van der Waals surface area contributed by atoms with Gasteiger partial charge in [-0.1, -0.05) is 18.1 Å². The summed E-state index contributed by atoms with van der Waals surface area (Å²) in [5.41, 5.74) is 1.71. The lowest BCUT2D eigenvalue weighted by atomic mass is 10.1. The molecular weight excluding hydrogens is 378 g/mol. The summed E-state index contributed by atoms with van der Waals surface area (Å²) < 4.78 is 26.2. The maximum absolute atomic E-state index is 12.3. The highest BCUT2D eigenvalue weighted by atomic mass is 32.2. The van der Waals surface area contributed by atoms with Crippen molar-refractivity contribution in [3.63, 3.8) is 0 Å². The van der Waals surface area contributed by atoms with E-state index in [2.05, 4.69) is 16.0 Å². The third kappa shape index (κ3) is 5.67. The molecule has 0 unspecified atom stereocenters. The molecule has 146 valence electrons. The Balaban J connectivity index is 2.03. The Morgan fingerprint density at radius 3 is 2.18 bits per heavy atom. The fourth-order valence-electron chi connectivity index (χ4n) is 2.25. The molecule has 0 fully saturated rings. The van der Waals surface area contributed by atoms with Gasteiger partial charge in [0.15, 0.2) is 0 Å². The number of likely N-dealkylation sites (N-methyl/N-ethyl adjacent to an activating group) is 1. The first-order valence-corrected chi connectivity index (χ1v) is 9.85. The van der Waals surface area contributed by atoms with E-state index >= 15 is 0 Å². The molecule has 0 aliphatic rings. The number of carbonyl (C=O) groups excluding carboxylic acids is 2. The number of nitrogens with zero attached hydrogens (tertiary/aromatic N) is 1.